The van der Waals surface area contributed by atoms with Gasteiger partial charge in [-0.15, -0.1) is 0 Å². The Morgan fingerprint density at radius 3 is 2.62 bits per heavy atom. The van der Waals surface area contributed by atoms with E-state index in [1.807, 2.05) is 13.0 Å². The van der Waals surface area contributed by atoms with Crippen LogP contribution in [0, 0.1) is 0 Å². The van der Waals surface area contributed by atoms with Crippen molar-refractivity contribution < 1.29 is 18.4 Å². The smallest absolute Gasteiger partial charge is 0.321 e. The number of amides is 3. The molecule has 0 aliphatic carbocycles. The minimum absolute atomic E-state index is 0.00996. The van der Waals surface area contributed by atoms with Crippen molar-refractivity contribution in [1.82, 2.24) is 16.0 Å². The number of urea groups is 1. The molecular formula is C14H17N3O4. The van der Waals surface area contributed by atoms with Gasteiger partial charge in [0.25, 0.3) is 0 Å². The van der Waals surface area contributed by atoms with E-state index in [0.29, 0.717) is 5.76 Å². The topological polar surface area (TPSA) is 96.5 Å². The normalized spacial score (nSPS) is 11.9. The Bertz CT molecular complexity index is 563. The Balaban J connectivity index is 1.65. The third-order valence-electron chi connectivity index (χ3n) is 2.79. The molecule has 0 bridgehead atoms. The van der Waals surface area contributed by atoms with Gasteiger partial charge in [-0.05, 0) is 31.2 Å². The number of nitrogens with one attached hydrogen (secondary N) is 3. The van der Waals surface area contributed by atoms with Gasteiger partial charge in [0.15, 0.2) is 0 Å². The van der Waals surface area contributed by atoms with E-state index in [1.54, 1.807) is 24.5 Å². The Kier molecular flexibility index (Phi) is 5.16. The van der Waals surface area contributed by atoms with Crippen LogP contribution in [0.2, 0.25) is 0 Å². The van der Waals surface area contributed by atoms with Crippen LogP contribution >= 0.6 is 0 Å². The fraction of sp³-hybridized carbons (Fsp3) is 0.286. The molecule has 3 amide bonds. The summed E-state index contributed by atoms with van der Waals surface area (Å²) in [4.78, 5) is 23.1. The molecule has 7 nitrogen and oxygen atoms in total. The second-order valence-electron chi connectivity index (χ2n) is 4.43. The molecule has 2 rings (SSSR count). The maximum atomic E-state index is 11.6. The number of hydrogen-bond donors (Lipinski definition) is 3. The van der Waals surface area contributed by atoms with Crippen LogP contribution in [0.3, 0.4) is 0 Å². The van der Waals surface area contributed by atoms with Crippen LogP contribution in [-0.2, 0) is 11.3 Å². The van der Waals surface area contributed by atoms with Crippen molar-refractivity contribution >= 4 is 11.9 Å². The van der Waals surface area contributed by atoms with E-state index in [1.165, 1.54) is 6.26 Å². The molecule has 2 aromatic heterocycles. The largest absolute Gasteiger partial charge is 0.468 e. The van der Waals surface area contributed by atoms with Crippen LogP contribution in [0.15, 0.2) is 45.6 Å². The molecule has 3 N–H and O–H groups in total. The number of carbonyl (C=O) groups excluding carboxylic acids is 2. The standard InChI is InChI=1S/C14H17N3O4/c1-10(12-5-3-7-21-12)15-9-13(18)17-14(19)16-8-11-4-2-6-20-11/h2-7,10,15H,8-9H2,1H3,(H2,16,17,18,19)/t10-/m1/s1. The van der Waals surface area contributed by atoms with Gasteiger partial charge in [0.1, 0.15) is 11.5 Å². The zero-order chi connectivity index (χ0) is 15.1. The van der Waals surface area contributed by atoms with Gasteiger partial charge in [-0.25, -0.2) is 4.79 Å². The van der Waals surface area contributed by atoms with Crippen LogP contribution in [0.5, 0.6) is 0 Å². The monoisotopic (exact) mass is 291 g/mol. The minimum Gasteiger partial charge on any atom is -0.468 e. The molecular weight excluding hydrogens is 274 g/mol. The van der Waals surface area contributed by atoms with E-state index in [2.05, 4.69) is 16.0 Å². The number of hydrogen-bond acceptors (Lipinski definition) is 5. The quantitative estimate of drug-likeness (QED) is 0.750. The summed E-state index contributed by atoms with van der Waals surface area (Å²) in [5, 5.41) is 7.69. The van der Waals surface area contributed by atoms with Crippen LogP contribution in [-0.4, -0.2) is 18.5 Å². The molecule has 0 radical (unpaired) electrons. The second-order valence-corrected chi connectivity index (χ2v) is 4.43. The van der Waals surface area contributed by atoms with E-state index in [-0.39, 0.29) is 19.1 Å². The predicted molar refractivity (Wildman–Crippen MR) is 74.2 cm³/mol. The summed E-state index contributed by atoms with van der Waals surface area (Å²) < 4.78 is 10.3. The number of furan rings is 2. The molecule has 0 aliphatic heterocycles. The van der Waals surface area contributed by atoms with E-state index in [0.717, 1.165) is 5.76 Å². The third-order valence-corrected chi connectivity index (χ3v) is 2.79. The molecule has 7 heteroatoms. The highest BCUT2D eigenvalue weighted by Gasteiger charge is 2.11. The third kappa shape index (κ3) is 4.81. The summed E-state index contributed by atoms with van der Waals surface area (Å²) in [5.74, 6) is 0.914. The van der Waals surface area contributed by atoms with Gasteiger partial charge in [-0.3, -0.25) is 15.4 Å². The number of rotatable bonds is 6. The molecule has 112 valence electrons. The second kappa shape index (κ2) is 7.30. The first-order valence-corrected chi connectivity index (χ1v) is 6.52. The van der Waals surface area contributed by atoms with Crippen LogP contribution in [0.4, 0.5) is 4.79 Å². The molecule has 0 spiro atoms. The van der Waals surface area contributed by atoms with Gasteiger partial charge in [0.2, 0.25) is 5.91 Å². The first kappa shape index (κ1) is 14.9. The molecule has 0 aromatic carbocycles. The minimum atomic E-state index is -0.566. The molecule has 2 heterocycles. The maximum absolute atomic E-state index is 11.6. The summed E-state index contributed by atoms with van der Waals surface area (Å²) in [7, 11) is 0. The fourth-order valence-electron chi connectivity index (χ4n) is 1.68. The van der Waals surface area contributed by atoms with Crippen molar-refractivity contribution in [2.75, 3.05) is 6.54 Å². The van der Waals surface area contributed by atoms with Crippen LogP contribution < -0.4 is 16.0 Å². The van der Waals surface area contributed by atoms with Crippen molar-refractivity contribution in [2.24, 2.45) is 0 Å². The lowest BCUT2D eigenvalue weighted by Crippen LogP contribution is -2.43. The average Bonchev–Trinajstić information content (AvgIpc) is 3.15. The van der Waals surface area contributed by atoms with Crippen molar-refractivity contribution in [1.29, 1.82) is 0 Å². The van der Waals surface area contributed by atoms with Gasteiger partial charge in [0.05, 0.1) is 31.7 Å². The van der Waals surface area contributed by atoms with Crippen molar-refractivity contribution in [2.45, 2.75) is 19.5 Å². The zero-order valence-electron chi connectivity index (χ0n) is 11.6. The molecule has 0 aliphatic rings. The highest BCUT2D eigenvalue weighted by molar-refractivity contribution is 5.95. The first-order valence-electron chi connectivity index (χ1n) is 6.52. The summed E-state index contributed by atoms with van der Waals surface area (Å²) in [6.45, 7) is 2.10. The lowest BCUT2D eigenvalue weighted by atomic mass is 10.2. The molecule has 1 atom stereocenters. The Labute approximate surface area is 121 Å². The van der Waals surface area contributed by atoms with Crippen molar-refractivity contribution in [3.8, 4) is 0 Å². The molecule has 2 aromatic rings. The van der Waals surface area contributed by atoms with Crippen molar-refractivity contribution in [3.05, 3.63) is 48.3 Å². The first-order chi connectivity index (χ1) is 10.1. The summed E-state index contributed by atoms with van der Waals surface area (Å²) >= 11 is 0. The predicted octanol–water partition coefficient (Wildman–Crippen LogP) is 1.55. The number of imide groups is 1. The Morgan fingerprint density at radius 2 is 1.95 bits per heavy atom. The molecule has 0 saturated carbocycles. The molecule has 0 fully saturated rings. The highest BCUT2D eigenvalue weighted by Crippen LogP contribution is 2.11. The lowest BCUT2D eigenvalue weighted by Gasteiger charge is -2.11. The Hall–Kier alpha value is -2.54. The van der Waals surface area contributed by atoms with Crippen molar-refractivity contribution in [3.63, 3.8) is 0 Å². The van der Waals surface area contributed by atoms with E-state index < -0.39 is 11.9 Å². The number of carbonyl (C=O) groups is 2. The maximum Gasteiger partial charge on any atom is 0.321 e. The average molecular weight is 291 g/mol. The molecule has 21 heavy (non-hydrogen) atoms. The van der Waals surface area contributed by atoms with Crippen LogP contribution in [0.25, 0.3) is 0 Å². The van der Waals surface area contributed by atoms with Gasteiger partial charge in [0, 0.05) is 0 Å². The summed E-state index contributed by atoms with van der Waals surface area (Å²) in [6, 6.07) is 6.36. The summed E-state index contributed by atoms with van der Waals surface area (Å²) in [6.07, 6.45) is 3.08. The lowest BCUT2D eigenvalue weighted by molar-refractivity contribution is -0.119. The van der Waals surface area contributed by atoms with Gasteiger partial charge in [-0.2, -0.15) is 0 Å². The zero-order valence-corrected chi connectivity index (χ0v) is 11.6. The van der Waals surface area contributed by atoms with Crippen LogP contribution in [0.1, 0.15) is 24.5 Å². The summed E-state index contributed by atoms with van der Waals surface area (Å²) in [5.41, 5.74) is 0. The molecule has 0 unspecified atom stereocenters. The van der Waals surface area contributed by atoms with Gasteiger partial charge >= 0.3 is 6.03 Å². The highest BCUT2D eigenvalue weighted by atomic mass is 16.3. The van der Waals surface area contributed by atoms with Gasteiger partial charge in [-0.1, -0.05) is 0 Å². The molecule has 0 saturated heterocycles. The van der Waals surface area contributed by atoms with Gasteiger partial charge < -0.3 is 14.2 Å². The van der Waals surface area contributed by atoms with E-state index in [9.17, 15) is 9.59 Å². The van der Waals surface area contributed by atoms with E-state index >= 15 is 0 Å². The SMILES string of the molecule is C[C@@H](NCC(=O)NC(=O)NCc1ccco1)c1ccco1. The Morgan fingerprint density at radius 1 is 1.19 bits per heavy atom. The van der Waals surface area contributed by atoms with E-state index in [4.69, 9.17) is 8.83 Å². The fourth-order valence-corrected chi connectivity index (χ4v) is 1.68.